The molecule has 1 heterocycles. The Hall–Kier alpha value is -3.88. The Morgan fingerprint density at radius 2 is 1.95 bits per heavy atom. The number of nitrogens with one attached hydrogen (secondary N) is 1. The van der Waals surface area contributed by atoms with Gasteiger partial charge in [0.2, 0.25) is 5.91 Å². The molecule has 5 nitrogen and oxygen atoms in total. The summed E-state index contributed by atoms with van der Waals surface area (Å²) in [7, 11) is 0. The topological polar surface area (TPSA) is 67.2 Å². The minimum absolute atomic E-state index is 0.0800. The van der Waals surface area contributed by atoms with E-state index in [1.807, 2.05) is 6.92 Å². The van der Waals surface area contributed by atoms with Crippen molar-refractivity contribution in [3.8, 4) is 11.4 Å². The van der Waals surface area contributed by atoms with Crippen LogP contribution in [0.25, 0.3) is 11.8 Å². The Morgan fingerprint density at radius 3 is 2.67 bits per heavy atom. The zero-order chi connectivity index (χ0) is 27.5. The van der Waals surface area contributed by atoms with E-state index >= 15 is 0 Å². The number of amides is 1. The first-order valence-corrected chi connectivity index (χ1v) is 13.0. The van der Waals surface area contributed by atoms with Crippen LogP contribution in [0.2, 0.25) is 0 Å². The van der Waals surface area contributed by atoms with Crippen LogP contribution in [0, 0.1) is 29.0 Å². The number of benzene rings is 2. The molecule has 2 aromatic carbocycles. The van der Waals surface area contributed by atoms with Gasteiger partial charge in [0.1, 0.15) is 11.6 Å². The molecule has 4 atom stereocenters. The molecule has 3 aromatic rings. The Bertz CT molecular complexity index is 1510. The molecule has 0 radical (unpaired) electrons. The van der Waals surface area contributed by atoms with Crippen LogP contribution in [-0.4, -0.2) is 27.0 Å². The summed E-state index contributed by atoms with van der Waals surface area (Å²) in [5, 5.41) is 16.9. The number of carbonyl (C=O) groups excluding carboxylic acids is 1. The fraction of sp³-hybridized carbons (Fsp3) is 0.333. The fourth-order valence-corrected chi connectivity index (χ4v) is 6.74. The first-order valence-electron chi connectivity index (χ1n) is 13.0. The summed E-state index contributed by atoms with van der Waals surface area (Å²) in [5.41, 5.74) is 4.25. The summed E-state index contributed by atoms with van der Waals surface area (Å²) in [6, 6.07) is 11.9. The highest BCUT2D eigenvalue weighted by Crippen LogP contribution is 2.59. The quantitative estimate of drug-likeness (QED) is 0.284. The van der Waals surface area contributed by atoms with Crippen molar-refractivity contribution < 1.29 is 27.5 Å². The third-order valence-electron chi connectivity index (χ3n) is 8.58. The van der Waals surface area contributed by atoms with Gasteiger partial charge in [-0.3, -0.25) is 4.79 Å². The summed E-state index contributed by atoms with van der Waals surface area (Å²) in [6.45, 7) is 2.05. The van der Waals surface area contributed by atoms with E-state index < -0.39 is 35.3 Å². The van der Waals surface area contributed by atoms with Crippen molar-refractivity contribution in [2.24, 2.45) is 23.2 Å². The molecular formula is C30H27F4N3O2. The SMILES string of the molecule is C[C@]12Cc3cnn(-c4ccc(F)cc4)c3C=C1CC[C@H]1C2=CC[C@@H](C(F)(F)F)[C@@H]1C(=O)Nc1cccc(O)c1. The van der Waals surface area contributed by atoms with Crippen molar-refractivity contribution in [3.63, 3.8) is 0 Å². The molecule has 1 aromatic heterocycles. The maximum atomic E-state index is 14.2. The number of fused-ring (bicyclic) bond motifs is 4. The molecule has 2 N–H and O–H groups in total. The van der Waals surface area contributed by atoms with Crippen LogP contribution in [0.3, 0.4) is 0 Å². The summed E-state index contributed by atoms with van der Waals surface area (Å²) in [5.74, 6) is -4.75. The van der Waals surface area contributed by atoms with Gasteiger partial charge in [0.25, 0.3) is 0 Å². The lowest BCUT2D eigenvalue weighted by Gasteiger charge is -2.50. The zero-order valence-corrected chi connectivity index (χ0v) is 21.2. The van der Waals surface area contributed by atoms with Crippen LogP contribution in [0.5, 0.6) is 5.75 Å². The molecule has 39 heavy (non-hydrogen) atoms. The van der Waals surface area contributed by atoms with E-state index in [9.17, 15) is 27.5 Å². The van der Waals surface area contributed by atoms with E-state index in [1.165, 1.54) is 30.3 Å². The van der Waals surface area contributed by atoms with Crippen LogP contribution in [0.4, 0.5) is 23.2 Å². The molecule has 3 aliphatic carbocycles. The molecule has 0 saturated heterocycles. The second-order valence-electron chi connectivity index (χ2n) is 10.9. The first-order chi connectivity index (χ1) is 18.5. The number of anilines is 1. The van der Waals surface area contributed by atoms with Gasteiger partial charge in [-0.25, -0.2) is 9.07 Å². The molecule has 1 amide bonds. The number of nitrogens with zero attached hydrogens (tertiary/aromatic N) is 2. The maximum Gasteiger partial charge on any atom is 0.392 e. The van der Waals surface area contributed by atoms with Crippen molar-refractivity contribution in [1.82, 2.24) is 9.78 Å². The van der Waals surface area contributed by atoms with Gasteiger partial charge in [-0.2, -0.15) is 18.3 Å². The molecule has 0 bridgehead atoms. The Kier molecular flexibility index (Phi) is 5.93. The van der Waals surface area contributed by atoms with Gasteiger partial charge in [-0.05, 0) is 79.6 Å². The lowest BCUT2D eigenvalue weighted by atomic mass is 9.54. The molecule has 202 valence electrons. The average molecular weight is 538 g/mol. The van der Waals surface area contributed by atoms with Gasteiger partial charge in [0.05, 0.1) is 29.4 Å². The van der Waals surface area contributed by atoms with Crippen molar-refractivity contribution in [3.05, 3.63) is 89.0 Å². The number of aromatic hydroxyl groups is 1. The summed E-state index contributed by atoms with van der Waals surface area (Å²) >= 11 is 0. The van der Waals surface area contributed by atoms with E-state index in [1.54, 1.807) is 35.2 Å². The largest absolute Gasteiger partial charge is 0.508 e. The van der Waals surface area contributed by atoms with Gasteiger partial charge >= 0.3 is 6.18 Å². The van der Waals surface area contributed by atoms with Crippen LogP contribution in [-0.2, 0) is 11.2 Å². The number of hydrogen-bond donors (Lipinski definition) is 2. The van der Waals surface area contributed by atoms with E-state index in [0.717, 1.165) is 28.1 Å². The minimum Gasteiger partial charge on any atom is -0.508 e. The van der Waals surface area contributed by atoms with Crippen molar-refractivity contribution in [2.75, 3.05) is 5.32 Å². The molecule has 9 heteroatoms. The monoisotopic (exact) mass is 537 g/mol. The number of hydrogen-bond acceptors (Lipinski definition) is 3. The number of phenolic OH excluding ortho intramolecular Hbond substituents is 1. The number of alkyl halides is 3. The Morgan fingerprint density at radius 1 is 1.18 bits per heavy atom. The standard InChI is InChI=1S/C30H27F4N3O2/c1-29-15-17-16-35-37(21-8-6-19(31)7-9-21)26(17)13-18(29)5-10-23-24(29)11-12-25(30(32,33)34)27(23)28(39)36-20-3-2-4-22(38)14-20/h2-4,6-9,11,13-14,16,23,25,27,38H,5,10,12,15H2,1H3,(H,36,39)/t23-,25+,27+,29-/m0/s1. The van der Waals surface area contributed by atoms with Crippen LogP contribution in [0.15, 0.2) is 72.0 Å². The molecular weight excluding hydrogens is 510 g/mol. The lowest BCUT2D eigenvalue weighted by Crippen LogP contribution is -2.49. The van der Waals surface area contributed by atoms with Crippen LogP contribution < -0.4 is 5.32 Å². The third-order valence-corrected chi connectivity index (χ3v) is 8.58. The van der Waals surface area contributed by atoms with Crippen molar-refractivity contribution in [1.29, 1.82) is 0 Å². The highest BCUT2D eigenvalue weighted by Gasteiger charge is 2.56. The number of aromatic nitrogens is 2. The first kappa shape index (κ1) is 25.4. The number of halogens is 4. The molecule has 3 aliphatic rings. The zero-order valence-electron chi connectivity index (χ0n) is 21.2. The number of phenols is 1. The molecule has 1 saturated carbocycles. The fourth-order valence-electron chi connectivity index (χ4n) is 6.74. The highest BCUT2D eigenvalue weighted by molar-refractivity contribution is 5.93. The summed E-state index contributed by atoms with van der Waals surface area (Å²) < 4.78 is 57.9. The molecule has 6 rings (SSSR count). The summed E-state index contributed by atoms with van der Waals surface area (Å²) in [6.07, 6.45) is 2.25. The average Bonchev–Trinajstić information content (AvgIpc) is 3.28. The third kappa shape index (κ3) is 4.33. The van der Waals surface area contributed by atoms with E-state index in [4.69, 9.17) is 0 Å². The minimum atomic E-state index is -4.53. The van der Waals surface area contributed by atoms with Gasteiger partial charge in [0, 0.05) is 17.2 Å². The molecule has 0 aliphatic heterocycles. The molecule has 1 fully saturated rings. The molecule has 0 spiro atoms. The Labute approximate surface area is 222 Å². The van der Waals surface area contributed by atoms with Crippen molar-refractivity contribution in [2.45, 2.75) is 38.8 Å². The second kappa shape index (κ2) is 9.10. The molecule has 0 unspecified atom stereocenters. The van der Waals surface area contributed by atoms with Gasteiger partial charge in [-0.1, -0.05) is 30.2 Å². The van der Waals surface area contributed by atoms with Gasteiger partial charge in [-0.15, -0.1) is 0 Å². The normalized spacial score (nSPS) is 26.0. The van der Waals surface area contributed by atoms with Gasteiger partial charge < -0.3 is 10.4 Å². The number of carbonyl (C=O) groups is 1. The van der Waals surface area contributed by atoms with Crippen molar-refractivity contribution >= 4 is 17.7 Å². The second-order valence-corrected chi connectivity index (χ2v) is 10.9. The van der Waals surface area contributed by atoms with Crippen LogP contribution in [0.1, 0.15) is 37.4 Å². The predicted octanol–water partition coefficient (Wildman–Crippen LogP) is 6.84. The van der Waals surface area contributed by atoms with E-state index in [0.29, 0.717) is 19.3 Å². The summed E-state index contributed by atoms with van der Waals surface area (Å²) in [4.78, 5) is 13.5. The highest BCUT2D eigenvalue weighted by atomic mass is 19.4. The van der Waals surface area contributed by atoms with E-state index in [2.05, 4.69) is 16.5 Å². The maximum absolute atomic E-state index is 14.2. The van der Waals surface area contributed by atoms with Gasteiger partial charge in [0.15, 0.2) is 0 Å². The number of allylic oxidation sites excluding steroid dienone is 3. The Balaban J connectivity index is 1.35. The van der Waals surface area contributed by atoms with E-state index in [-0.39, 0.29) is 23.7 Å². The van der Waals surface area contributed by atoms with Crippen LogP contribution >= 0.6 is 0 Å². The predicted molar refractivity (Wildman–Crippen MR) is 139 cm³/mol. The number of rotatable bonds is 3. The smallest absolute Gasteiger partial charge is 0.392 e. The lowest BCUT2D eigenvalue weighted by molar-refractivity contribution is -0.196.